The summed E-state index contributed by atoms with van der Waals surface area (Å²) >= 11 is 6.06. The molecule has 0 bridgehead atoms. The SMILES string of the molecule is COc1c(/C(C)=C/C(=O)N2CC(C)OC(C)C2)cc2c(-c3ccc(Cl)cc3)coc2c1C. The standard InChI is InChI=1S/C26H28ClNO4/c1-15(10-24(29)28-12-16(2)32-17(3)13-28)21-11-22-23(19-6-8-20(27)9-7-19)14-31-26(22)18(4)25(21)30-5/h6-11,14,16-17H,12-13H2,1-5H3/b15-10+. The Bertz CT molecular complexity index is 1170. The molecule has 4 rings (SSSR count). The summed E-state index contributed by atoms with van der Waals surface area (Å²) in [5.74, 6) is 0.689. The molecule has 32 heavy (non-hydrogen) atoms. The average Bonchev–Trinajstić information content (AvgIpc) is 3.17. The molecule has 1 aliphatic heterocycles. The number of allylic oxidation sites excluding steroid dienone is 1. The second-order valence-corrected chi connectivity index (χ2v) is 8.88. The molecule has 168 valence electrons. The number of furan rings is 1. The van der Waals surface area contributed by atoms with E-state index in [9.17, 15) is 4.79 Å². The van der Waals surface area contributed by atoms with Gasteiger partial charge < -0.3 is 18.8 Å². The number of rotatable bonds is 4. The zero-order chi connectivity index (χ0) is 23.0. The Hall–Kier alpha value is -2.76. The molecule has 1 amide bonds. The van der Waals surface area contributed by atoms with Gasteiger partial charge in [-0.05, 0) is 57.0 Å². The first kappa shape index (κ1) is 22.4. The minimum atomic E-state index is -0.0191. The van der Waals surface area contributed by atoms with E-state index >= 15 is 0 Å². The van der Waals surface area contributed by atoms with Crippen LogP contribution in [0.15, 0.2) is 47.1 Å². The molecule has 2 aromatic carbocycles. The smallest absolute Gasteiger partial charge is 0.247 e. The van der Waals surface area contributed by atoms with E-state index < -0.39 is 0 Å². The number of morpholine rings is 1. The zero-order valence-electron chi connectivity index (χ0n) is 19.1. The number of halogens is 1. The first-order valence-corrected chi connectivity index (χ1v) is 11.1. The molecule has 1 fully saturated rings. The molecule has 0 aliphatic carbocycles. The normalized spacial score (nSPS) is 19.4. The minimum Gasteiger partial charge on any atom is -0.496 e. The largest absolute Gasteiger partial charge is 0.496 e. The molecule has 6 heteroatoms. The van der Waals surface area contributed by atoms with Crippen molar-refractivity contribution < 1.29 is 18.7 Å². The van der Waals surface area contributed by atoms with E-state index in [-0.39, 0.29) is 18.1 Å². The van der Waals surface area contributed by atoms with Gasteiger partial charge in [0.25, 0.3) is 0 Å². The Morgan fingerprint density at radius 3 is 2.47 bits per heavy atom. The number of carbonyl (C=O) groups excluding carboxylic acids is 1. The van der Waals surface area contributed by atoms with E-state index in [0.717, 1.165) is 38.8 Å². The number of amides is 1. The number of ether oxygens (including phenoxy) is 2. The lowest BCUT2D eigenvalue weighted by Crippen LogP contribution is -2.47. The van der Waals surface area contributed by atoms with Crippen LogP contribution >= 0.6 is 11.6 Å². The fraction of sp³-hybridized carbons (Fsp3) is 0.346. The minimum absolute atomic E-state index is 0.0191. The number of nitrogens with zero attached hydrogens (tertiary/aromatic N) is 1. The van der Waals surface area contributed by atoms with Gasteiger partial charge in [-0.2, -0.15) is 0 Å². The van der Waals surface area contributed by atoms with E-state index in [1.807, 2.05) is 62.9 Å². The Morgan fingerprint density at radius 2 is 1.84 bits per heavy atom. The molecule has 1 saturated heterocycles. The molecule has 0 spiro atoms. The first-order valence-electron chi connectivity index (χ1n) is 10.8. The van der Waals surface area contributed by atoms with Crippen LogP contribution in [0.2, 0.25) is 5.02 Å². The maximum absolute atomic E-state index is 13.0. The molecule has 0 saturated carbocycles. The molecule has 2 heterocycles. The molecule has 5 nitrogen and oxygen atoms in total. The van der Waals surface area contributed by atoms with Crippen LogP contribution in [-0.2, 0) is 9.53 Å². The van der Waals surface area contributed by atoms with Crippen LogP contribution in [0.4, 0.5) is 0 Å². The van der Waals surface area contributed by atoms with Gasteiger partial charge in [0.1, 0.15) is 11.3 Å². The second-order valence-electron chi connectivity index (χ2n) is 8.44. The Kier molecular flexibility index (Phi) is 6.31. The van der Waals surface area contributed by atoms with Crippen LogP contribution in [0.25, 0.3) is 27.7 Å². The van der Waals surface area contributed by atoms with Crippen LogP contribution in [0.1, 0.15) is 31.9 Å². The number of aryl methyl sites for hydroxylation is 1. The summed E-state index contributed by atoms with van der Waals surface area (Å²) in [6.07, 6.45) is 3.50. The van der Waals surface area contributed by atoms with Gasteiger partial charge in [-0.3, -0.25) is 4.79 Å². The van der Waals surface area contributed by atoms with E-state index in [1.54, 1.807) is 19.4 Å². The predicted octanol–water partition coefficient (Wildman–Crippen LogP) is 6.11. The predicted molar refractivity (Wildman–Crippen MR) is 128 cm³/mol. The van der Waals surface area contributed by atoms with Crippen LogP contribution in [0.3, 0.4) is 0 Å². The van der Waals surface area contributed by atoms with Crippen LogP contribution in [0.5, 0.6) is 5.75 Å². The molecule has 2 atom stereocenters. The fourth-order valence-electron chi connectivity index (χ4n) is 4.44. The van der Waals surface area contributed by atoms with Crippen molar-refractivity contribution >= 4 is 34.1 Å². The third-order valence-electron chi connectivity index (χ3n) is 5.90. The summed E-state index contributed by atoms with van der Waals surface area (Å²) in [5.41, 5.74) is 5.36. The quantitative estimate of drug-likeness (QED) is 0.447. The molecular weight excluding hydrogens is 426 g/mol. The van der Waals surface area contributed by atoms with Crippen molar-refractivity contribution in [3.05, 3.63) is 58.8 Å². The highest BCUT2D eigenvalue weighted by atomic mass is 35.5. The lowest BCUT2D eigenvalue weighted by atomic mass is 9.96. The molecule has 0 N–H and O–H groups in total. The van der Waals surface area contributed by atoms with E-state index in [1.165, 1.54) is 0 Å². The number of hydrogen-bond donors (Lipinski definition) is 0. The summed E-state index contributed by atoms with van der Waals surface area (Å²) in [4.78, 5) is 14.9. The van der Waals surface area contributed by atoms with Crippen molar-refractivity contribution in [1.82, 2.24) is 4.90 Å². The van der Waals surface area contributed by atoms with Gasteiger partial charge in [0, 0.05) is 46.3 Å². The zero-order valence-corrected chi connectivity index (χ0v) is 19.8. The molecule has 0 radical (unpaired) electrons. The number of hydrogen-bond acceptors (Lipinski definition) is 4. The van der Waals surface area contributed by atoms with Crippen molar-refractivity contribution in [3.63, 3.8) is 0 Å². The molecule has 3 aromatic rings. The van der Waals surface area contributed by atoms with Gasteiger partial charge in [0.05, 0.1) is 25.6 Å². The van der Waals surface area contributed by atoms with Crippen LogP contribution < -0.4 is 4.74 Å². The highest BCUT2D eigenvalue weighted by molar-refractivity contribution is 6.30. The van der Waals surface area contributed by atoms with Crippen LogP contribution in [-0.4, -0.2) is 43.2 Å². The van der Waals surface area contributed by atoms with Crippen molar-refractivity contribution in [2.45, 2.75) is 39.9 Å². The fourth-order valence-corrected chi connectivity index (χ4v) is 4.56. The van der Waals surface area contributed by atoms with Gasteiger partial charge in [0.2, 0.25) is 5.91 Å². The molecular formula is C26H28ClNO4. The number of benzene rings is 2. The van der Waals surface area contributed by atoms with Gasteiger partial charge in [-0.25, -0.2) is 0 Å². The number of fused-ring (bicyclic) bond motifs is 1. The third kappa shape index (κ3) is 4.27. The summed E-state index contributed by atoms with van der Waals surface area (Å²) in [6, 6.07) is 9.71. The van der Waals surface area contributed by atoms with Crippen molar-refractivity contribution in [2.75, 3.05) is 20.2 Å². The van der Waals surface area contributed by atoms with Crippen molar-refractivity contribution in [3.8, 4) is 16.9 Å². The molecule has 1 aliphatic rings. The van der Waals surface area contributed by atoms with Crippen molar-refractivity contribution in [1.29, 1.82) is 0 Å². The van der Waals surface area contributed by atoms with E-state index in [2.05, 4.69) is 0 Å². The second kappa shape index (κ2) is 9.00. The lowest BCUT2D eigenvalue weighted by molar-refractivity contribution is -0.137. The maximum Gasteiger partial charge on any atom is 0.247 e. The Labute approximate surface area is 193 Å². The first-order chi connectivity index (χ1) is 15.3. The summed E-state index contributed by atoms with van der Waals surface area (Å²) < 4.78 is 17.4. The maximum atomic E-state index is 13.0. The summed E-state index contributed by atoms with van der Waals surface area (Å²) in [7, 11) is 1.64. The van der Waals surface area contributed by atoms with Crippen LogP contribution in [0, 0.1) is 6.92 Å². The number of methoxy groups -OCH3 is 1. The van der Waals surface area contributed by atoms with E-state index in [4.69, 9.17) is 25.5 Å². The van der Waals surface area contributed by atoms with E-state index in [0.29, 0.717) is 23.9 Å². The number of carbonyl (C=O) groups is 1. The summed E-state index contributed by atoms with van der Waals surface area (Å²) in [5, 5.41) is 1.65. The topological polar surface area (TPSA) is 51.9 Å². The third-order valence-corrected chi connectivity index (χ3v) is 6.15. The lowest BCUT2D eigenvalue weighted by Gasteiger charge is -2.34. The molecule has 1 aromatic heterocycles. The van der Waals surface area contributed by atoms with Crippen molar-refractivity contribution in [2.24, 2.45) is 0 Å². The van der Waals surface area contributed by atoms with Gasteiger partial charge >= 0.3 is 0 Å². The highest BCUT2D eigenvalue weighted by Crippen LogP contribution is 2.40. The Morgan fingerprint density at radius 1 is 1.19 bits per heavy atom. The molecule has 2 unspecified atom stereocenters. The van der Waals surface area contributed by atoms with Gasteiger partial charge in [-0.1, -0.05) is 23.7 Å². The summed E-state index contributed by atoms with van der Waals surface area (Å²) in [6.45, 7) is 9.07. The highest BCUT2D eigenvalue weighted by Gasteiger charge is 2.25. The Balaban J connectivity index is 1.77. The average molecular weight is 454 g/mol. The van der Waals surface area contributed by atoms with Gasteiger partial charge in [0.15, 0.2) is 0 Å². The van der Waals surface area contributed by atoms with Gasteiger partial charge in [-0.15, -0.1) is 0 Å². The monoisotopic (exact) mass is 453 g/mol.